The van der Waals surface area contributed by atoms with Crippen molar-refractivity contribution in [1.82, 2.24) is 10.2 Å². The molecule has 2 aromatic carbocycles. The summed E-state index contributed by atoms with van der Waals surface area (Å²) in [4.78, 5) is 37.8. The Morgan fingerprint density at radius 2 is 1.76 bits per heavy atom. The van der Waals surface area contributed by atoms with E-state index in [0.29, 0.717) is 11.0 Å². The van der Waals surface area contributed by atoms with E-state index < -0.39 is 57.0 Å². The number of hydrogen-bond donors (Lipinski definition) is 2. The van der Waals surface area contributed by atoms with Crippen LogP contribution < -0.4 is 10.5 Å². The Balaban J connectivity index is 1.86. The Morgan fingerprint density at radius 3 is 2.31 bits per heavy atom. The number of benzene rings is 2. The van der Waals surface area contributed by atoms with Crippen LogP contribution in [0.5, 0.6) is 0 Å². The summed E-state index contributed by atoms with van der Waals surface area (Å²) < 4.78 is 49.5. The molecule has 1 atom stereocenters. The number of primary sulfonamides is 1. The van der Waals surface area contributed by atoms with Gasteiger partial charge in [-0.1, -0.05) is 12.1 Å². The van der Waals surface area contributed by atoms with E-state index in [-0.39, 0.29) is 10.5 Å². The number of imide groups is 1. The van der Waals surface area contributed by atoms with Crippen LogP contribution in [0.3, 0.4) is 0 Å². The molecule has 1 saturated heterocycles. The molecular formula is C18H15F2N3O5S. The SMILES string of the molecule is C[C@]1(c2ccc(S(N)(=O)=O)cc2)NC(=O)N(CC(=O)c2ccc(F)cc2F)C1=O. The summed E-state index contributed by atoms with van der Waals surface area (Å²) in [6, 6.07) is 6.43. The molecule has 0 bridgehead atoms. The van der Waals surface area contributed by atoms with E-state index in [0.717, 1.165) is 12.1 Å². The Hall–Kier alpha value is -3.18. The van der Waals surface area contributed by atoms with Crippen LogP contribution in [-0.2, 0) is 20.4 Å². The summed E-state index contributed by atoms with van der Waals surface area (Å²) in [7, 11) is -3.94. The van der Waals surface area contributed by atoms with Gasteiger partial charge in [0, 0.05) is 6.07 Å². The largest absolute Gasteiger partial charge is 0.325 e. The van der Waals surface area contributed by atoms with Gasteiger partial charge in [-0.05, 0) is 36.8 Å². The number of hydrogen-bond acceptors (Lipinski definition) is 5. The number of urea groups is 1. The summed E-state index contributed by atoms with van der Waals surface area (Å²) in [5.41, 5.74) is -1.78. The Morgan fingerprint density at radius 1 is 1.14 bits per heavy atom. The van der Waals surface area contributed by atoms with Crippen molar-refractivity contribution in [2.24, 2.45) is 5.14 Å². The van der Waals surface area contributed by atoms with Gasteiger partial charge in [-0.3, -0.25) is 14.5 Å². The third kappa shape index (κ3) is 3.74. The number of carbonyl (C=O) groups excluding carboxylic acids is 3. The number of carbonyl (C=O) groups is 3. The van der Waals surface area contributed by atoms with Crippen molar-refractivity contribution in [3.8, 4) is 0 Å². The molecule has 0 aliphatic carbocycles. The number of halogens is 2. The van der Waals surface area contributed by atoms with Crippen molar-refractivity contribution in [3.05, 3.63) is 65.2 Å². The smallest absolute Gasteiger partial charge is 0.319 e. The summed E-state index contributed by atoms with van der Waals surface area (Å²) in [6.45, 7) is 0.625. The number of amides is 3. The van der Waals surface area contributed by atoms with Crippen molar-refractivity contribution in [2.75, 3.05) is 6.54 Å². The van der Waals surface area contributed by atoms with Crippen molar-refractivity contribution in [2.45, 2.75) is 17.4 Å². The lowest BCUT2D eigenvalue weighted by molar-refractivity contribution is -0.130. The van der Waals surface area contributed by atoms with E-state index in [1.807, 2.05) is 0 Å². The molecule has 2 aromatic rings. The second-order valence-corrected chi connectivity index (χ2v) is 8.12. The van der Waals surface area contributed by atoms with E-state index in [1.54, 1.807) is 0 Å². The first-order valence-electron chi connectivity index (χ1n) is 8.19. The predicted octanol–water partition coefficient (Wildman–Crippen LogP) is 1.26. The van der Waals surface area contributed by atoms with Crippen molar-refractivity contribution in [3.63, 3.8) is 0 Å². The molecule has 3 rings (SSSR count). The maximum Gasteiger partial charge on any atom is 0.325 e. The molecule has 3 amide bonds. The van der Waals surface area contributed by atoms with E-state index in [9.17, 15) is 31.6 Å². The van der Waals surface area contributed by atoms with Gasteiger partial charge in [0.1, 0.15) is 17.2 Å². The number of Topliss-reactive ketones (excluding diaryl/α,β-unsaturated/α-hetero) is 1. The number of rotatable bonds is 5. The van der Waals surface area contributed by atoms with Crippen LogP contribution in [0.4, 0.5) is 13.6 Å². The molecule has 152 valence electrons. The normalized spacial score (nSPS) is 19.4. The molecule has 0 aromatic heterocycles. The molecule has 8 nitrogen and oxygen atoms in total. The standard InChI is InChI=1S/C18H15F2N3O5S/c1-18(10-2-5-12(6-3-10)29(21,27)28)16(25)23(17(26)22-18)9-15(24)13-7-4-11(19)8-14(13)20/h2-8H,9H2,1H3,(H,22,26)(H2,21,27,28)/t18-/m1/s1. The Bertz CT molecular complexity index is 1130. The minimum atomic E-state index is -3.94. The molecule has 0 saturated carbocycles. The highest BCUT2D eigenvalue weighted by atomic mass is 32.2. The first kappa shape index (κ1) is 20.6. The topological polar surface area (TPSA) is 127 Å². The Labute approximate surface area is 164 Å². The van der Waals surface area contributed by atoms with Gasteiger partial charge in [-0.2, -0.15) is 0 Å². The molecule has 1 heterocycles. The zero-order valence-corrected chi connectivity index (χ0v) is 15.8. The van der Waals surface area contributed by atoms with Gasteiger partial charge in [0.2, 0.25) is 10.0 Å². The molecule has 11 heteroatoms. The van der Waals surface area contributed by atoms with E-state index in [4.69, 9.17) is 5.14 Å². The molecular weight excluding hydrogens is 408 g/mol. The lowest BCUT2D eigenvalue weighted by Crippen LogP contribution is -2.41. The fourth-order valence-corrected chi connectivity index (χ4v) is 3.47. The molecule has 3 N–H and O–H groups in total. The Kier molecular flexibility index (Phi) is 4.97. The lowest BCUT2D eigenvalue weighted by Gasteiger charge is -2.22. The second kappa shape index (κ2) is 7.01. The van der Waals surface area contributed by atoms with Gasteiger partial charge < -0.3 is 5.32 Å². The predicted molar refractivity (Wildman–Crippen MR) is 96.1 cm³/mol. The number of nitrogens with one attached hydrogen (secondary N) is 1. The average molecular weight is 423 g/mol. The summed E-state index contributed by atoms with van der Waals surface area (Å²) in [6.07, 6.45) is 0. The maximum atomic E-state index is 13.8. The molecule has 0 unspecified atom stereocenters. The van der Waals surface area contributed by atoms with E-state index in [1.165, 1.54) is 31.2 Å². The molecule has 29 heavy (non-hydrogen) atoms. The number of ketones is 1. The molecule has 1 aliphatic heterocycles. The second-order valence-electron chi connectivity index (χ2n) is 6.56. The zero-order chi connectivity index (χ0) is 21.6. The highest BCUT2D eigenvalue weighted by Gasteiger charge is 2.49. The van der Waals surface area contributed by atoms with Crippen molar-refractivity contribution in [1.29, 1.82) is 0 Å². The van der Waals surface area contributed by atoms with Gasteiger partial charge in [0.15, 0.2) is 5.78 Å². The van der Waals surface area contributed by atoms with Gasteiger partial charge in [-0.25, -0.2) is 27.1 Å². The van der Waals surface area contributed by atoms with Gasteiger partial charge in [0.05, 0.1) is 17.0 Å². The van der Waals surface area contributed by atoms with Crippen LogP contribution >= 0.6 is 0 Å². The number of nitrogens with two attached hydrogens (primary N) is 1. The average Bonchev–Trinajstić information content (AvgIpc) is 2.85. The molecule has 1 aliphatic rings. The summed E-state index contributed by atoms with van der Waals surface area (Å²) in [5.74, 6) is -3.66. The lowest BCUT2D eigenvalue weighted by atomic mass is 9.92. The third-order valence-corrected chi connectivity index (χ3v) is 5.50. The maximum absolute atomic E-state index is 13.8. The zero-order valence-electron chi connectivity index (χ0n) is 15.0. The van der Waals surface area contributed by atoms with Gasteiger partial charge in [0.25, 0.3) is 5.91 Å². The monoisotopic (exact) mass is 423 g/mol. The van der Waals surface area contributed by atoms with Crippen LogP contribution in [-0.4, -0.2) is 37.6 Å². The van der Waals surface area contributed by atoms with Crippen LogP contribution in [0.15, 0.2) is 47.4 Å². The highest BCUT2D eigenvalue weighted by Crippen LogP contribution is 2.29. The molecule has 0 radical (unpaired) electrons. The fraction of sp³-hybridized carbons (Fsp3) is 0.167. The quantitative estimate of drug-likeness (QED) is 0.553. The minimum Gasteiger partial charge on any atom is -0.319 e. The summed E-state index contributed by atoms with van der Waals surface area (Å²) >= 11 is 0. The number of sulfonamides is 1. The molecule has 0 spiro atoms. The van der Waals surface area contributed by atoms with Crippen LogP contribution in [0.2, 0.25) is 0 Å². The first-order chi connectivity index (χ1) is 13.4. The summed E-state index contributed by atoms with van der Waals surface area (Å²) in [5, 5.41) is 7.47. The van der Waals surface area contributed by atoms with E-state index in [2.05, 4.69) is 5.32 Å². The van der Waals surface area contributed by atoms with Crippen LogP contribution in [0.1, 0.15) is 22.8 Å². The van der Waals surface area contributed by atoms with Crippen LogP contribution in [0.25, 0.3) is 0 Å². The van der Waals surface area contributed by atoms with Gasteiger partial charge >= 0.3 is 6.03 Å². The minimum absolute atomic E-state index is 0.180. The van der Waals surface area contributed by atoms with E-state index >= 15 is 0 Å². The van der Waals surface area contributed by atoms with Gasteiger partial charge in [-0.15, -0.1) is 0 Å². The van der Waals surface area contributed by atoms with Crippen molar-refractivity contribution < 1.29 is 31.6 Å². The first-order valence-corrected chi connectivity index (χ1v) is 9.74. The number of nitrogens with zero attached hydrogens (tertiary/aromatic N) is 1. The van der Waals surface area contributed by atoms with Crippen LogP contribution in [0, 0.1) is 11.6 Å². The van der Waals surface area contributed by atoms with Crippen molar-refractivity contribution >= 4 is 27.7 Å². The third-order valence-electron chi connectivity index (χ3n) is 4.57. The molecule has 1 fully saturated rings. The fourth-order valence-electron chi connectivity index (χ4n) is 2.96. The highest BCUT2D eigenvalue weighted by molar-refractivity contribution is 7.89.